The molecule has 22 heavy (non-hydrogen) atoms. The Morgan fingerprint density at radius 1 is 1.05 bits per heavy atom. The highest BCUT2D eigenvalue weighted by Gasteiger charge is 2.09. The molecule has 0 amide bonds. The van der Waals surface area contributed by atoms with Crippen molar-refractivity contribution < 1.29 is 4.74 Å². The van der Waals surface area contributed by atoms with Crippen LogP contribution in [-0.4, -0.2) is 20.0 Å². The molecule has 2 aromatic carbocycles. The van der Waals surface area contributed by atoms with Crippen molar-refractivity contribution in [2.75, 3.05) is 0 Å². The van der Waals surface area contributed by atoms with Gasteiger partial charge < -0.3 is 4.74 Å². The maximum Gasteiger partial charge on any atom is 0.183 e. The molecule has 4 aromatic rings. The van der Waals surface area contributed by atoms with E-state index in [1.165, 1.54) is 0 Å². The Morgan fingerprint density at radius 2 is 1.86 bits per heavy atom. The van der Waals surface area contributed by atoms with E-state index in [0.29, 0.717) is 17.3 Å². The van der Waals surface area contributed by atoms with Gasteiger partial charge in [0.05, 0.1) is 5.52 Å². The summed E-state index contributed by atoms with van der Waals surface area (Å²) in [5.41, 5.74) is 2.62. The highest BCUT2D eigenvalue weighted by molar-refractivity contribution is 6.30. The van der Waals surface area contributed by atoms with Gasteiger partial charge >= 0.3 is 0 Å². The molecule has 4 rings (SSSR count). The number of pyridine rings is 1. The van der Waals surface area contributed by atoms with Crippen LogP contribution >= 0.6 is 11.6 Å². The summed E-state index contributed by atoms with van der Waals surface area (Å²) in [6.45, 7) is 0.457. The van der Waals surface area contributed by atoms with Gasteiger partial charge in [0.25, 0.3) is 0 Å². The fraction of sp³-hybridized carbons (Fsp3) is 0.0625. The quantitative estimate of drug-likeness (QED) is 0.581. The van der Waals surface area contributed by atoms with Crippen LogP contribution in [0, 0.1) is 0 Å². The average molecular weight is 311 g/mol. The zero-order chi connectivity index (χ0) is 14.9. The van der Waals surface area contributed by atoms with Crippen molar-refractivity contribution in [1.29, 1.82) is 0 Å². The fourth-order valence-electron chi connectivity index (χ4n) is 2.38. The maximum absolute atomic E-state index is 5.97. The summed E-state index contributed by atoms with van der Waals surface area (Å²) in [7, 11) is 0. The zero-order valence-electron chi connectivity index (χ0n) is 11.5. The number of ether oxygens (including phenoxy) is 1. The molecule has 0 aliphatic heterocycles. The average Bonchev–Trinajstić information content (AvgIpc) is 3.03. The van der Waals surface area contributed by atoms with Crippen LogP contribution in [0.1, 0.15) is 5.56 Å². The van der Waals surface area contributed by atoms with E-state index in [4.69, 9.17) is 16.3 Å². The summed E-state index contributed by atoms with van der Waals surface area (Å²) in [6.07, 6.45) is 0. The Balaban J connectivity index is 1.74. The number of hydrogen-bond donors (Lipinski definition) is 0. The lowest BCUT2D eigenvalue weighted by Crippen LogP contribution is -1.98. The highest BCUT2D eigenvalue weighted by Crippen LogP contribution is 2.27. The van der Waals surface area contributed by atoms with E-state index in [2.05, 4.69) is 15.5 Å². The van der Waals surface area contributed by atoms with Crippen molar-refractivity contribution in [3.63, 3.8) is 0 Å². The first-order valence-corrected chi connectivity index (χ1v) is 7.16. The van der Waals surface area contributed by atoms with Crippen LogP contribution in [0.5, 0.6) is 5.75 Å². The molecule has 5 nitrogen and oxygen atoms in total. The SMILES string of the molecule is Clc1ccc(COc2cc3nnnn3c3ccccc23)cc1. The van der Waals surface area contributed by atoms with E-state index in [1.807, 2.05) is 54.6 Å². The van der Waals surface area contributed by atoms with Crippen molar-refractivity contribution in [3.8, 4) is 5.75 Å². The molecular formula is C16H11ClN4O. The first-order chi connectivity index (χ1) is 10.8. The molecule has 0 fully saturated rings. The van der Waals surface area contributed by atoms with Gasteiger partial charge in [0, 0.05) is 16.5 Å². The van der Waals surface area contributed by atoms with Gasteiger partial charge in [-0.15, -0.1) is 5.10 Å². The van der Waals surface area contributed by atoms with Crippen molar-refractivity contribution >= 4 is 28.2 Å². The van der Waals surface area contributed by atoms with Crippen LogP contribution in [-0.2, 0) is 6.61 Å². The third kappa shape index (κ3) is 2.25. The highest BCUT2D eigenvalue weighted by atomic mass is 35.5. The Labute approximate surface area is 131 Å². The summed E-state index contributed by atoms with van der Waals surface area (Å²) >= 11 is 5.89. The number of benzene rings is 2. The molecule has 0 radical (unpaired) electrons. The van der Waals surface area contributed by atoms with Gasteiger partial charge in [-0.1, -0.05) is 35.9 Å². The number of halogens is 1. The van der Waals surface area contributed by atoms with Gasteiger partial charge in [-0.05, 0) is 40.3 Å². The molecule has 0 saturated heterocycles. The largest absolute Gasteiger partial charge is 0.488 e. The van der Waals surface area contributed by atoms with Crippen LogP contribution in [0.25, 0.3) is 16.6 Å². The minimum Gasteiger partial charge on any atom is -0.488 e. The molecular weight excluding hydrogens is 300 g/mol. The summed E-state index contributed by atoms with van der Waals surface area (Å²) in [5, 5.41) is 13.4. The second-order valence-electron chi connectivity index (χ2n) is 4.89. The minimum absolute atomic E-state index is 0.457. The van der Waals surface area contributed by atoms with Crippen LogP contribution < -0.4 is 4.74 Å². The molecule has 0 aliphatic carbocycles. The van der Waals surface area contributed by atoms with Gasteiger partial charge in [-0.25, -0.2) is 0 Å². The molecule has 2 heterocycles. The predicted octanol–water partition coefficient (Wildman–Crippen LogP) is 3.51. The van der Waals surface area contributed by atoms with Gasteiger partial charge in [0.2, 0.25) is 0 Å². The lowest BCUT2D eigenvalue weighted by molar-refractivity contribution is 0.310. The van der Waals surface area contributed by atoms with E-state index in [0.717, 1.165) is 22.2 Å². The Kier molecular flexibility index (Phi) is 3.12. The van der Waals surface area contributed by atoms with E-state index in [9.17, 15) is 0 Å². The summed E-state index contributed by atoms with van der Waals surface area (Å²) in [4.78, 5) is 0. The Morgan fingerprint density at radius 3 is 2.73 bits per heavy atom. The normalized spacial score (nSPS) is 11.1. The van der Waals surface area contributed by atoms with Gasteiger partial charge in [-0.2, -0.15) is 4.52 Å². The first-order valence-electron chi connectivity index (χ1n) is 6.78. The van der Waals surface area contributed by atoms with Gasteiger partial charge in [0.1, 0.15) is 12.4 Å². The molecule has 0 aliphatic rings. The standard InChI is InChI=1S/C16H11ClN4O/c17-12-7-5-11(6-8-12)10-22-15-9-16-18-19-20-21(16)14-4-2-1-3-13(14)15/h1-9H,10H2. The molecule has 0 saturated carbocycles. The lowest BCUT2D eigenvalue weighted by atomic mass is 10.2. The van der Waals surface area contributed by atoms with Crippen molar-refractivity contribution in [2.45, 2.75) is 6.61 Å². The number of nitrogens with zero attached hydrogens (tertiary/aromatic N) is 4. The van der Waals surface area contributed by atoms with E-state index >= 15 is 0 Å². The predicted molar refractivity (Wildman–Crippen MR) is 84.1 cm³/mol. The number of aromatic nitrogens is 4. The molecule has 0 unspecified atom stereocenters. The molecule has 0 bridgehead atoms. The van der Waals surface area contributed by atoms with E-state index < -0.39 is 0 Å². The molecule has 0 N–H and O–H groups in total. The molecule has 6 heteroatoms. The van der Waals surface area contributed by atoms with Crippen molar-refractivity contribution in [2.24, 2.45) is 0 Å². The Bertz CT molecular complexity index is 949. The van der Waals surface area contributed by atoms with Crippen LogP contribution in [0.4, 0.5) is 0 Å². The summed E-state index contributed by atoms with van der Waals surface area (Å²) in [5.74, 6) is 0.757. The maximum atomic E-state index is 5.97. The lowest BCUT2D eigenvalue weighted by Gasteiger charge is -2.10. The molecule has 108 valence electrons. The van der Waals surface area contributed by atoms with Gasteiger partial charge in [-0.3, -0.25) is 0 Å². The topological polar surface area (TPSA) is 52.3 Å². The monoisotopic (exact) mass is 310 g/mol. The minimum atomic E-state index is 0.457. The Hall–Kier alpha value is -2.66. The number of fused-ring (bicyclic) bond motifs is 3. The van der Waals surface area contributed by atoms with Gasteiger partial charge in [0.15, 0.2) is 5.65 Å². The van der Waals surface area contributed by atoms with Crippen LogP contribution in [0.2, 0.25) is 5.02 Å². The molecule has 0 spiro atoms. The molecule has 0 atom stereocenters. The smallest absolute Gasteiger partial charge is 0.183 e. The van der Waals surface area contributed by atoms with E-state index in [1.54, 1.807) is 4.52 Å². The van der Waals surface area contributed by atoms with Crippen LogP contribution in [0.3, 0.4) is 0 Å². The van der Waals surface area contributed by atoms with Crippen molar-refractivity contribution in [1.82, 2.24) is 20.0 Å². The third-order valence-corrected chi connectivity index (χ3v) is 3.71. The number of para-hydroxylation sites is 1. The van der Waals surface area contributed by atoms with Crippen molar-refractivity contribution in [3.05, 3.63) is 65.2 Å². The summed E-state index contributed by atoms with van der Waals surface area (Å²) in [6, 6.07) is 17.3. The van der Waals surface area contributed by atoms with E-state index in [-0.39, 0.29) is 0 Å². The van der Waals surface area contributed by atoms with Crippen LogP contribution in [0.15, 0.2) is 54.6 Å². The second-order valence-corrected chi connectivity index (χ2v) is 5.33. The number of hydrogen-bond acceptors (Lipinski definition) is 4. The fourth-order valence-corrected chi connectivity index (χ4v) is 2.50. The summed E-state index contributed by atoms with van der Waals surface area (Å²) < 4.78 is 7.67. The molecule has 2 aromatic heterocycles. The first kappa shape index (κ1) is 13.0. The zero-order valence-corrected chi connectivity index (χ0v) is 12.2. The third-order valence-electron chi connectivity index (χ3n) is 3.46. The second kappa shape index (κ2) is 5.27. The number of rotatable bonds is 3. The number of tetrazole rings is 1.